The number of nitrogens with zero attached hydrogens (tertiary/aromatic N) is 1. The molecule has 0 aliphatic heterocycles. The van der Waals surface area contributed by atoms with E-state index >= 15 is 0 Å². The van der Waals surface area contributed by atoms with E-state index in [1.54, 1.807) is 12.4 Å². The molecule has 1 aromatic heterocycles. The Balaban J connectivity index is 1.38. The van der Waals surface area contributed by atoms with Gasteiger partial charge in [0, 0.05) is 18.3 Å². The summed E-state index contributed by atoms with van der Waals surface area (Å²) < 4.78 is 5.44. The molecule has 0 atom stereocenters. The molecule has 0 spiro atoms. The molecule has 4 rings (SSSR count). The highest BCUT2D eigenvalue weighted by molar-refractivity contribution is 5.79. The lowest BCUT2D eigenvalue weighted by Gasteiger charge is -2.14. The monoisotopic (exact) mass is 343 g/mol. The Morgan fingerprint density at radius 3 is 2.46 bits per heavy atom. The number of carbonyl (C=O) groups excluding carboxylic acids is 1. The van der Waals surface area contributed by atoms with Crippen molar-refractivity contribution in [2.45, 2.75) is 5.92 Å². The first-order chi connectivity index (χ1) is 12.8. The predicted octanol–water partition coefficient (Wildman–Crippen LogP) is 3.30. The first-order valence-electron chi connectivity index (χ1n) is 8.40. The Morgan fingerprint density at radius 1 is 1.12 bits per heavy atom. The summed E-state index contributed by atoms with van der Waals surface area (Å²) in [5.74, 6) is 6.27. The number of benzene rings is 2. The van der Waals surface area contributed by atoms with Gasteiger partial charge in [0.15, 0.2) is 5.82 Å². The lowest BCUT2D eigenvalue weighted by atomic mass is 9.98. The number of hydrogen-bond acceptors (Lipinski definition) is 3. The van der Waals surface area contributed by atoms with Crippen LogP contribution in [0.5, 0.6) is 0 Å². The smallest absolute Gasteiger partial charge is 0.407 e. The number of aromatic amines is 1. The summed E-state index contributed by atoms with van der Waals surface area (Å²) in [4.78, 5) is 18.8. The van der Waals surface area contributed by atoms with Crippen LogP contribution < -0.4 is 5.32 Å². The highest BCUT2D eigenvalue weighted by Gasteiger charge is 2.28. The van der Waals surface area contributed by atoms with E-state index in [4.69, 9.17) is 4.74 Å². The number of nitrogens with one attached hydrogen (secondary N) is 2. The van der Waals surface area contributed by atoms with Crippen molar-refractivity contribution in [1.29, 1.82) is 0 Å². The molecular formula is C21H17N3O2. The molecule has 0 fully saturated rings. The third-order valence-corrected chi connectivity index (χ3v) is 4.37. The number of fused-ring (bicyclic) bond motifs is 3. The minimum atomic E-state index is -0.472. The van der Waals surface area contributed by atoms with Crippen LogP contribution in [0, 0.1) is 11.8 Å². The number of ether oxygens (including phenoxy) is 1. The highest BCUT2D eigenvalue weighted by atomic mass is 16.5. The van der Waals surface area contributed by atoms with Crippen LogP contribution >= 0.6 is 0 Å². The van der Waals surface area contributed by atoms with Gasteiger partial charge in [-0.2, -0.15) is 0 Å². The number of imidazole rings is 1. The normalized spacial score (nSPS) is 11.8. The van der Waals surface area contributed by atoms with Crippen LogP contribution in [-0.4, -0.2) is 29.2 Å². The molecule has 1 amide bonds. The standard InChI is InChI=1S/C21H17N3O2/c25-21(24-11-5-10-20-22-12-13-23-20)26-14-19-17-8-3-1-6-15(17)16-7-2-4-9-18(16)19/h1-4,6-9,12-13,19H,11,14H2,(H,22,23)(H,24,25). The molecule has 26 heavy (non-hydrogen) atoms. The van der Waals surface area contributed by atoms with E-state index in [1.165, 1.54) is 22.3 Å². The van der Waals surface area contributed by atoms with Crippen LogP contribution in [0.1, 0.15) is 22.9 Å². The average molecular weight is 343 g/mol. The second-order valence-corrected chi connectivity index (χ2v) is 5.92. The second-order valence-electron chi connectivity index (χ2n) is 5.92. The molecular weight excluding hydrogens is 326 g/mol. The molecule has 2 aromatic carbocycles. The van der Waals surface area contributed by atoms with Gasteiger partial charge in [-0.1, -0.05) is 54.5 Å². The van der Waals surface area contributed by atoms with E-state index < -0.39 is 6.09 Å². The van der Waals surface area contributed by atoms with Crippen LogP contribution in [0.25, 0.3) is 11.1 Å². The first kappa shape index (κ1) is 16.0. The Hall–Kier alpha value is -3.52. The second kappa shape index (κ2) is 7.16. The summed E-state index contributed by atoms with van der Waals surface area (Å²) in [5.41, 5.74) is 4.81. The molecule has 1 heterocycles. The maximum Gasteiger partial charge on any atom is 0.407 e. The molecule has 128 valence electrons. The fourth-order valence-electron chi connectivity index (χ4n) is 3.23. The maximum absolute atomic E-state index is 12.0. The molecule has 3 aromatic rings. The van der Waals surface area contributed by atoms with Crippen molar-refractivity contribution in [1.82, 2.24) is 15.3 Å². The number of carbonyl (C=O) groups is 1. The van der Waals surface area contributed by atoms with Crippen LogP contribution in [0.2, 0.25) is 0 Å². The largest absolute Gasteiger partial charge is 0.449 e. The van der Waals surface area contributed by atoms with Crippen molar-refractivity contribution < 1.29 is 9.53 Å². The fraction of sp³-hybridized carbons (Fsp3) is 0.143. The molecule has 0 saturated carbocycles. The van der Waals surface area contributed by atoms with Gasteiger partial charge in [-0.15, -0.1) is 0 Å². The van der Waals surface area contributed by atoms with Gasteiger partial charge in [-0.25, -0.2) is 9.78 Å². The number of aromatic nitrogens is 2. The summed E-state index contributed by atoms with van der Waals surface area (Å²) in [6.45, 7) is 0.503. The molecule has 0 bridgehead atoms. The Bertz CT molecular complexity index is 938. The lowest BCUT2D eigenvalue weighted by Crippen LogP contribution is -2.26. The van der Waals surface area contributed by atoms with Crippen LogP contribution in [0.15, 0.2) is 60.9 Å². The zero-order chi connectivity index (χ0) is 17.8. The first-order valence-corrected chi connectivity index (χ1v) is 8.40. The van der Waals surface area contributed by atoms with Gasteiger partial charge in [-0.3, -0.25) is 0 Å². The molecule has 5 nitrogen and oxygen atoms in total. The lowest BCUT2D eigenvalue weighted by molar-refractivity contribution is 0.144. The minimum absolute atomic E-state index is 0.0577. The van der Waals surface area contributed by atoms with E-state index in [2.05, 4.69) is 51.4 Å². The third-order valence-electron chi connectivity index (χ3n) is 4.37. The molecule has 0 saturated heterocycles. The molecule has 2 N–H and O–H groups in total. The SMILES string of the molecule is O=C(NCC#Cc1ncc[nH]1)OCC1c2ccccc2-c2ccccc21. The van der Waals surface area contributed by atoms with Gasteiger partial charge in [-0.05, 0) is 28.2 Å². The topological polar surface area (TPSA) is 67.0 Å². The van der Waals surface area contributed by atoms with Crippen molar-refractivity contribution in [3.8, 4) is 23.0 Å². The molecule has 0 radical (unpaired) electrons. The zero-order valence-corrected chi connectivity index (χ0v) is 14.0. The van der Waals surface area contributed by atoms with Crippen molar-refractivity contribution in [3.05, 3.63) is 77.9 Å². The summed E-state index contributed by atoms with van der Waals surface area (Å²) >= 11 is 0. The van der Waals surface area contributed by atoms with E-state index in [0.29, 0.717) is 12.4 Å². The van der Waals surface area contributed by atoms with Gasteiger partial charge in [0.25, 0.3) is 0 Å². The number of amides is 1. The van der Waals surface area contributed by atoms with Crippen molar-refractivity contribution in [2.75, 3.05) is 13.2 Å². The maximum atomic E-state index is 12.0. The third kappa shape index (κ3) is 3.17. The van der Waals surface area contributed by atoms with Gasteiger partial charge in [0.2, 0.25) is 0 Å². The molecule has 0 unspecified atom stereocenters. The van der Waals surface area contributed by atoms with Gasteiger partial charge < -0.3 is 15.0 Å². The quantitative estimate of drug-likeness (QED) is 0.717. The van der Waals surface area contributed by atoms with E-state index in [1.807, 2.05) is 24.3 Å². The van der Waals surface area contributed by atoms with Crippen LogP contribution in [0.4, 0.5) is 4.79 Å². The predicted molar refractivity (Wildman–Crippen MR) is 98.5 cm³/mol. The Labute approximate surface area is 151 Å². The number of hydrogen-bond donors (Lipinski definition) is 2. The molecule has 5 heteroatoms. The van der Waals surface area contributed by atoms with Crippen LogP contribution in [0.3, 0.4) is 0 Å². The fourth-order valence-corrected chi connectivity index (χ4v) is 3.23. The van der Waals surface area contributed by atoms with E-state index in [-0.39, 0.29) is 12.5 Å². The number of alkyl carbamates (subject to hydrolysis) is 1. The highest BCUT2D eigenvalue weighted by Crippen LogP contribution is 2.44. The molecule has 1 aliphatic carbocycles. The zero-order valence-electron chi connectivity index (χ0n) is 14.0. The Kier molecular flexibility index (Phi) is 4.40. The molecule has 1 aliphatic rings. The van der Waals surface area contributed by atoms with Crippen molar-refractivity contribution >= 4 is 6.09 Å². The average Bonchev–Trinajstić information content (AvgIpc) is 3.30. The van der Waals surface area contributed by atoms with E-state index in [0.717, 1.165) is 0 Å². The van der Waals surface area contributed by atoms with Crippen LogP contribution in [-0.2, 0) is 4.74 Å². The van der Waals surface area contributed by atoms with Gasteiger partial charge in [0.05, 0.1) is 6.54 Å². The number of rotatable bonds is 3. The van der Waals surface area contributed by atoms with Gasteiger partial charge >= 0.3 is 6.09 Å². The summed E-state index contributed by atoms with van der Waals surface area (Å²) in [6.07, 6.45) is 2.85. The van der Waals surface area contributed by atoms with Crippen molar-refractivity contribution in [2.24, 2.45) is 0 Å². The minimum Gasteiger partial charge on any atom is -0.449 e. The van der Waals surface area contributed by atoms with E-state index in [9.17, 15) is 4.79 Å². The summed E-state index contributed by atoms with van der Waals surface area (Å²) in [5, 5.41) is 2.64. The number of H-pyrrole nitrogens is 1. The van der Waals surface area contributed by atoms with Gasteiger partial charge in [0.1, 0.15) is 6.61 Å². The summed E-state index contributed by atoms with van der Waals surface area (Å²) in [6, 6.07) is 16.5. The Morgan fingerprint density at radius 2 is 1.81 bits per heavy atom. The van der Waals surface area contributed by atoms with Crippen molar-refractivity contribution in [3.63, 3.8) is 0 Å². The summed E-state index contributed by atoms with van der Waals surface area (Å²) in [7, 11) is 0.